The standard InChI is InChI=1S/C17H30N2/c1-5-16(6-2)19(13-14(3)4)17(12-18)15-10-8-7-9-11-15/h7-11,14,16-17H,5-6,12-13,18H2,1-4H3. The summed E-state index contributed by atoms with van der Waals surface area (Å²) in [6.07, 6.45) is 2.37. The van der Waals surface area contributed by atoms with Crippen molar-refractivity contribution in [1.82, 2.24) is 4.90 Å². The van der Waals surface area contributed by atoms with Crippen molar-refractivity contribution in [2.75, 3.05) is 13.1 Å². The summed E-state index contributed by atoms with van der Waals surface area (Å²) in [4.78, 5) is 2.61. The zero-order chi connectivity index (χ0) is 14.3. The average molecular weight is 262 g/mol. The summed E-state index contributed by atoms with van der Waals surface area (Å²) in [7, 11) is 0. The number of nitrogens with zero attached hydrogens (tertiary/aromatic N) is 1. The predicted molar refractivity (Wildman–Crippen MR) is 84.2 cm³/mol. The number of hydrogen-bond donors (Lipinski definition) is 1. The third-order valence-corrected chi connectivity index (χ3v) is 3.80. The molecule has 2 N–H and O–H groups in total. The van der Waals surface area contributed by atoms with E-state index in [9.17, 15) is 0 Å². The number of nitrogens with two attached hydrogens (primary N) is 1. The maximum absolute atomic E-state index is 6.09. The molecule has 0 radical (unpaired) electrons. The molecule has 0 aliphatic heterocycles. The van der Waals surface area contributed by atoms with Crippen LogP contribution in [0.4, 0.5) is 0 Å². The molecule has 0 saturated heterocycles. The minimum Gasteiger partial charge on any atom is -0.329 e. The van der Waals surface area contributed by atoms with E-state index in [2.05, 4.69) is 62.9 Å². The summed E-state index contributed by atoms with van der Waals surface area (Å²) < 4.78 is 0. The van der Waals surface area contributed by atoms with Gasteiger partial charge in [-0.2, -0.15) is 0 Å². The van der Waals surface area contributed by atoms with Crippen molar-refractivity contribution < 1.29 is 0 Å². The molecule has 2 nitrogen and oxygen atoms in total. The fourth-order valence-corrected chi connectivity index (χ4v) is 2.85. The molecule has 1 rings (SSSR count). The average Bonchev–Trinajstić information content (AvgIpc) is 2.41. The van der Waals surface area contributed by atoms with Gasteiger partial charge in [-0.25, -0.2) is 0 Å². The highest BCUT2D eigenvalue weighted by molar-refractivity contribution is 5.19. The molecule has 0 aromatic heterocycles. The van der Waals surface area contributed by atoms with Crippen LogP contribution in [-0.2, 0) is 0 Å². The highest BCUT2D eigenvalue weighted by Gasteiger charge is 2.25. The zero-order valence-electron chi connectivity index (χ0n) is 13.0. The molecule has 2 heteroatoms. The first-order valence-corrected chi connectivity index (χ1v) is 7.64. The second kappa shape index (κ2) is 8.34. The van der Waals surface area contributed by atoms with E-state index in [0.29, 0.717) is 24.5 Å². The first-order valence-electron chi connectivity index (χ1n) is 7.64. The molecule has 19 heavy (non-hydrogen) atoms. The quantitative estimate of drug-likeness (QED) is 0.771. The van der Waals surface area contributed by atoms with Gasteiger partial charge < -0.3 is 5.73 Å². The van der Waals surface area contributed by atoms with Gasteiger partial charge in [-0.15, -0.1) is 0 Å². The van der Waals surface area contributed by atoms with E-state index in [1.54, 1.807) is 0 Å². The van der Waals surface area contributed by atoms with Crippen LogP contribution >= 0.6 is 0 Å². The maximum Gasteiger partial charge on any atom is 0.0473 e. The highest BCUT2D eigenvalue weighted by atomic mass is 15.2. The zero-order valence-corrected chi connectivity index (χ0v) is 13.0. The van der Waals surface area contributed by atoms with Crippen LogP contribution in [0.3, 0.4) is 0 Å². The van der Waals surface area contributed by atoms with Gasteiger partial charge in [0.05, 0.1) is 0 Å². The highest BCUT2D eigenvalue weighted by Crippen LogP contribution is 2.25. The van der Waals surface area contributed by atoms with E-state index in [0.717, 1.165) is 6.54 Å². The smallest absolute Gasteiger partial charge is 0.0473 e. The Morgan fingerprint density at radius 2 is 1.63 bits per heavy atom. The normalized spacial score (nSPS) is 13.5. The first-order chi connectivity index (χ1) is 9.13. The fraction of sp³-hybridized carbons (Fsp3) is 0.647. The number of hydrogen-bond acceptors (Lipinski definition) is 2. The molecular formula is C17H30N2. The van der Waals surface area contributed by atoms with Crippen molar-refractivity contribution in [2.24, 2.45) is 11.7 Å². The lowest BCUT2D eigenvalue weighted by Crippen LogP contribution is -2.43. The molecule has 108 valence electrons. The number of rotatable bonds is 8. The van der Waals surface area contributed by atoms with Crippen LogP contribution in [0.15, 0.2) is 30.3 Å². The molecule has 0 heterocycles. The SMILES string of the molecule is CCC(CC)N(CC(C)C)C(CN)c1ccccc1. The first kappa shape index (κ1) is 16.2. The van der Waals surface area contributed by atoms with Crippen molar-refractivity contribution in [2.45, 2.75) is 52.6 Å². The third-order valence-electron chi connectivity index (χ3n) is 3.80. The van der Waals surface area contributed by atoms with Crippen molar-refractivity contribution in [3.63, 3.8) is 0 Å². The molecule has 0 spiro atoms. The molecule has 1 aromatic rings. The second-order valence-corrected chi connectivity index (χ2v) is 5.72. The summed E-state index contributed by atoms with van der Waals surface area (Å²) in [6.45, 7) is 10.9. The minimum absolute atomic E-state index is 0.341. The second-order valence-electron chi connectivity index (χ2n) is 5.72. The Morgan fingerprint density at radius 3 is 2.05 bits per heavy atom. The third kappa shape index (κ3) is 4.63. The molecule has 0 fully saturated rings. The van der Waals surface area contributed by atoms with E-state index in [1.165, 1.54) is 18.4 Å². The van der Waals surface area contributed by atoms with E-state index in [4.69, 9.17) is 5.73 Å². The molecule has 0 aliphatic rings. The summed E-state index contributed by atoms with van der Waals surface area (Å²) in [5, 5.41) is 0. The summed E-state index contributed by atoms with van der Waals surface area (Å²) in [5.74, 6) is 0.665. The topological polar surface area (TPSA) is 29.3 Å². The Morgan fingerprint density at radius 1 is 1.05 bits per heavy atom. The molecule has 1 atom stereocenters. The van der Waals surface area contributed by atoms with E-state index >= 15 is 0 Å². The lowest BCUT2D eigenvalue weighted by atomic mass is 9.99. The predicted octanol–water partition coefficient (Wildman–Crippen LogP) is 3.83. The van der Waals surface area contributed by atoms with Crippen LogP contribution in [0, 0.1) is 5.92 Å². The largest absolute Gasteiger partial charge is 0.329 e. The molecule has 0 bridgehead atoms. The van der Waals surface area contributed by atoms with Gasteiger partial charge >= 0.3 is 0 Å². The van der Waals surface area contributed by atoms with Gasteiger partial charge in [0.2, 0.25) is 0 Å². The molecule has 0 saturated carbocycles. The monoisotopic (exact) mass is 262 g/mol. The lowest BCUT2D eigenvalue weighted by molar-refractivity contribution is 0.112. The van der Waals surface area contributed by atoms with Crippen LogP contribution in [0.5, 0.6) is 0 Å². The van der Waals surface area contributed by atoms with Crippen molar-refractivity contribution in [1.29, 1.82) is 0 Å². The maximum atomic E-state index is 6.09. The van der Waals surface area contributed by atoms with E-state index < -0.39 is 0 Å². The van der Waals surface area contributed by atoms with Gasteiger partial charge in [0.1, 0.15) is 0 Å². The van der Waals surface area contributed by atoms with Crippen molar-refractivity contribution >= 4 is 0 Å². The molecular weight excluding hydrogens is 232 g/mol. The van der Waals surface area contributed by atoms with Gasteiger partial charge in [0.15, 0.2) is 0 Å². The Labute approximate surface area is 119 Å². The molecule has 0 amide bonds. The van der Waals surface area contributed by atoms with Crippen molar-refractivity contribution in [3.05, 3.63) is 35.9 Å². The van der Waals surface area contributed by atoms with Crippen LogP contribution in [0.1, 0.15) is 52.1 Å². The Kier molecular flexibility index (Phi) is 7.11. The Bertz CT molecular complexity index is 330. The van der Waals surface area contributed by atoms with Crippen molar-refractivity contribution in [3.8, 4) is 0 Å². The Balaban J connectivity index is 2.98. The van der Waals surface area contributed by atoms with E-state index in [1.807, 2.05) is 0 Å². The van der Waals surface area contributed by atoms with E-state index in [-0.39, 0.29) is 0 Å². The Hall–Kier alpha value is -0.860. The summed E-state index contributed by atoms with van der Waals surface area (Å²) in [5.41, 5.74) is 7.43. The van der Waals surface area contributed by atoms with Crippen LogP contribution in [0.25, 0.3) is 0 Å². The molecule has 1 aromatic carbocycles. The van der Waals surface area contributed by atoms with Crippen LogP contribution in [0.2, 0.25) is 0 Å². The van der Waals surface area contributed by atoms with Gasteiger partial charge in [-0.1, -0.05) is 58.0 Å². The molecule has 0 aliphatic carbocycles. The lowest BCUT2D eigenvalue weighted by Gasteiger charge is -2.38. The minimum atomic E-state index is 0.341. The van der Waals surface area contributed by atoms with Gasteiger partial charge in [0, 0.05) is 25.2 Å². The molecule has 1 unspecified atom stereocenters. The fourth-order valence-electron chi connectivity index (χ4n) is 2.85. The summed E-state index contributed by atoms with van der Waals surface area (Å²) >= 11 is 0. The summed E-state index contributed by atoms with van der Waals surface area (Å²) in [6, 6.07) is 11.7. The van der Waals surface area contributed by atoms with Gasteiger partial charge in [-0.3, -0.25) is 4.90 Å². The van der Waals surface area contributed by atoms with Gasteiger partial charge in [-0.05, 0) is 24.3 Å². The number of benzene rings is 1. The van der Waals surface area contributed by atoms with Crippen LogP contribution in [-0.4, -0.2) is 24.0 Å². The van der Waals surface area contributed by atoms with Gasteiger partial charge in [0.25, 0.3) is 0 Å². The van der Waals surface area contributed by atoms with Crippen LogP contribution < -0.4 is 5.73 Å².